The van der Waals surface area contributed by atoms with E-state index in [-0.39, 0.29) is 25.7 Å². The van der Waals surface area contributed by atoms with Gasteiger partial charge in [0, 0.05) is 25.7 Å². The molecule has 0 fully saturated rings. The van der Waals surface area contributed by atoms with Crippen LogP contribution in [0.15, 0.2) is 0 Å². The standard InChI is InChI=1S/C68H132O17P2/c1-8-10-11-32-42-49-65(70)78-55-63(84-68(73)52-45-38-31-25-19-21-27-34-40-47-60(5)6)57-82-86(74,75)80-53-62(69)54-81-87(76,77)83-58-64(56-79-66(71)50-43-36-29-24-18-20-26-33-39-46-59(3)4)85-67(72)51-44-37-30-23-17-15-13-12-14-16-22-28-35-41-48-61(7)9-2/h59-64,69H,8-58H2,1-7H3,(H,74,75)(H,76,77)/t61?,62-,63+,64+/m0/s1. The molecule has 0 amide bonds. The van der Waals surface area contributed by atoms with Crippen LogP contribution in [-0.4, -0.2) is 96.7 Å². The monoisotopic (exact) mass is 1280 g/mol. The second kappa shape index (κ2) is 59.1. The second-order valence-corrected chi connectivity index (χ2v) is 28.7. The number of hydrogen-bond acceptors (Lipinski definition) is 15. The van der Waals surface area contributed by atoms with Gasteiger partial charge >= 0.3 is 39.5 Å². The van der Waals surface area contributed by atoms with Gasteiger partial charge in [-0.2, -0.15) is 0 Å². The van der Waals surface area contributed by atoms with Crippen LogP contribution in [0.1, 0.15) is 337 Å². The molecule has 0 aliphatic heterocycles. The Hall–Kier alpha value is -1.94. The van der Waals surface area contributed by atoms with Crippen molar-refractivity contribution in [3.05, 3.63) is 0 Å². The molecule has 6 atom stereocenters. The third kappa shape index (κ3) is 61.3. The number of carbonyl (C=O) groups is 4. The van der Waals surface area contributed by atoms with Crippen molar-refractivity contribution in [3.63, 3.8) is 0 Å². The number of hydrogen-bond donors (Lipinski definition) is 3. The van der Waals surface area contributed by atoms with E-state index in [9.17, 15) is 43.2 Å². The number of phosphoric ester groups is 2. The lowest BCUT2D eigenvalue weighted by molar-refractivity contribution is -0.161. The maximum atomic E-state index is 13.0. The Kier molecular flexibility index (Phi) is 57.8. The normalized spacial score (nSPS) is 14.6. The molecule has 0 bridgehead atoms. The van der Waals surface area contributed by atoms with Gasteiger partial charge in [0.2, 0.25) is 0 Å². The lowest BCUT2D eigenvalue weighted by Crippen LogP contribution is -2.30. The zero-order chi connectivity index (χ0) is 64.5. The number of carbonyl (C=O) groups excluding carboxylic acids is 4. The van der Waals surface area contributed by atoms with Crippen LogP contribution in [0.5, 0.6) is 0 Å². The minimum Gasteiger partial charge on any atom is -0.462 e. The van der Waals surface area contributed by atoms with E-state index in [1.54, 1.807) is 0 Å². The lowest BCUT2D eigenvalue weighted by Gasteiger charge is -2.21. The minimum atomic E-state index is -4.95. The van der Waals surface area contributed by atoms with Gasteiger partial charge < -0.3 is 33.8 Å². The molecular formula is C68H132O17P2. The van der Waals surface area contributed by atoms with Crippen molar-refractivity contribution in [1.29, 1.82) is 0 Å². The SMILES string of the molecule is CCCCCCCC(=O)OC[C@H](COP(=O)(O)OC[C@H](O)COP(=O)(O)OC[C@@H](COC(=O)CCCCCCCCCCCC(C)C)OC(=O)CCCCCCCCCCCCCCCCC(C)CC)OC(=O)CCCCCCCCCCCC(C)C. The molecular weight excluding hydrogens is 1150 g/mol. The fourth-order valence-electron chi connectivity index (χ4n) is 10.2. The summed E-state index contributed by atoms with van der Waals surface area (Å²) in [6.07, 6.45) is 42.0. The van der Waals surface area contributed by atoms with Crippen molar-refractivity contribution in [2.24, 2.45) is 17.8 Å². The number of unbranched alkanes of at least 4 members (excludes halogenated alkanes) is 33. The van der Waals surface area contributed by atoms with E-state index >= 15 is 0 Å². The van der Waals surface area contributed by atoms with Crippen LogP contribution in [0.3, 0.4) is 0 Å². The average Bonchev–Trinajstić information content (AvgIpc) is 3.61. The first-order valence-electron chi connectivity index (χ1n) is 35.4. The summed E-state index contributed by atoms with van der Waals surface area (Å²) in [5.74, 6) is 0.186. The van der Waals surface area contributed by atoms with Crippen LogP contribution in [0, 0.1) is 17.8 Å². The Morgan fingerprint density at radius 3 is 0.874 bits per heavy atom. The summed E-state index contributed by atoms with van der Waals surface area (Å²) in [6.45, 7) is 11.8. The average molecular weight is 1280 g/mol. The first kappa shape index (κ1) is 85.1. The molecule has 0 heterocycles. The Morgan fingerprint density at radius 2 is 0.586 bits per heavy atom. The van der Waals surface area contributed by atoms with E-state index in [1.165, 1.54) is 141 Å². The summed E-state index contributed by atoms with van der Waals surface area (Å²) in [5, 5.41) is 10.5. The highest BCUT2D eigenvalue weighted by atomic mass is 31.2. The molecule has 0 saturated carbocycles. The molecule has 0 rings (SSSR count). The number of aliphatic hydroxyl groups excluding tert-OH is 1. The maximum Gasteiger partial charge on any atom is 0.472 e. The van der Waals surface area contributed by atoms with Crippen LogP contribution in [0.25, 0.3) is 0 Å². The summed E-state index contributed by atoms with van der Waals surface area (Å²) >= 11 is 0. The van der Waals surface area contributed by atoms with Crippen LogP contribution < -0.4 is 0 Å². The van der Waals surface area contributed by atoms with E-state index in [2.05, 4.69) is 48.5 Å². The first-order valence-corrected chi connectivity index (χ1v) is 38.4. The minimum absolute atomic E-state index is 0.104. The molecule has 0 aliphatic carbocycles. The van der Waals surface area contributed by atoms with Gasteiger partial charge in [-0.3, -0.25) is 37.3 Å². The van der Waals surface area contributed by atoms with E-state index < -0.39 is 97.5 Å². The number of rotatable bonds is 66. The third-order valence-electron chi connectivity index (χ3n) is 16.0. The number of ether oxygens (including phenoxy) is 4. The molecule has 0 aromatic carbocycles. The fraction of sp³-hybridized carbons (Fsp3) is 0.941. The highest BCUT2D eigenvalue weighted by Gasteiger charge is 2.30. The van der Waals surface area contributed by atoms with Gasteiger partial charge in [0.05, 0.1) is 26.4 Å². The molecule has 17 nitrogen and oxygen atoms in total. The third-order valence-corrected chi connectivity index (χ3v) is 17.9. The molecule has 19 heteroatoms. The second-order valence-electron chi connectivity index (χ2n) is 25.8. The quantitative estimate of drug-likeness (QED) is 0.0222. The summed E-state index contributed by atoms with van der Waals surface area (Å²) < 4.78 is 68.0. The van der Waals surface area contributed by atoms with Gasteiger partial charge in [0.15, 0.2) is 12.2 Å². The Labute approximate surface area is 530 Å². The predicted molar refractivity (Wildman–Crippen MR) is 349 cm³/mol. The highest BCUT2D eigenvalue weighted by Crippen LogP contribution is 2.45. The predicted octanol–water partition coefficient (Wildman–Crippen LogP) is 19.1. The largest absolute Gasteiger partial charge is 0.472 e. The van der Waals surface area contributed by atoms with Gasteiger partial charge in [0.1, 0.15) is 19.3 Å². The fourth-order valence-corrected chi connectivity index (χ4v) is 11.7. The lowest BCUT2D eigenvalue weighted by atomic mass is 9.99. The van der Waals surface area contributed by atoms with Gasteiger partial charge in [0.25, 0.3) is 0 Å². The molecule has 0 spiro atoms. The summed E-state index contributed by atoms with van der Waals surface area (Å²) in [4.78, 5) is 72.2. The zero-order valence-electron chi connectivity index (χ0n) is 56.5. The van der Waals surface area contributed by atoms with E-state index in [4.69, 9.17) is 37.0 Å². The molecule has 3 unspecified atom stereocenters. The Bertz CT molecular complexity index is 1720. The number of esters is 4. The van der Waals surface area contributed by atoms with Crippen molar-refractivity contribution < 1.29 is 80.2 Å². The molecule has 87 heavy (non-hydrogen) atoms. The van der Waals surface area contributed by atoms with Gasteiger partial charge in [-0.1, -0.05) is 286 Å². The van der Waals surface area contributed by atoms with Crippen molar-refractivity contribution in [2.75, 3.05) is 39.6 Å². The first-order chi connectivity index (χ1) is 41.8. The Morgan fingerprint density at radius 1 is 0.333 bits per heavy atom. The molecule has 0 radical (unpaired) electrons. The Balaban J connectivity index is 5.16. The molecule has 0 aliphatic rings. The molecule has 3 N–H and O–H groups in total. The molecule has 0 saturated heterocycles. The van der Waals surface area contributed by atoms with Crippen LogP contribution >= 0.6 is 15.6 Å². The van der Waals surface area contributed by atoms with Crippen molar-refractivity contribution in [2.45, 2.75) is 356 Å². The summed E-state index contributed by atoms with van der Waals surface area (Å²) in [7, 11) is -9.89. The van der Waals surface area contributed by atoms with Crippen LogP contribution in [-0.2, 0) is 65.4 Å². The topological polar surface area (TPSA) is 237 Å². The number of phosphoric acid groups is 2. The van der Waals surface area contributed by atoms with Crippen molar-refractivity contribution >= 4 is 39.5 Å². The van der Waals surface area contributed by atoms with Crippen LogP contribution in [0.4, 0.5) is 0 Å². The highest BCUT2D eigenvalue weighted by molar-refractivity contribution is 7.47. The number of aliphatic hydroxyl groups is 1. The van der Waals surface area contributed by atoms with Gasteiger partial charge in [-0.15, -0.1) is 0 Å². The van der Waals surface area contributed by atoms with Crippen LogP contribution in [0.2, 0.25) is 0 Å². The maximum absolute atomic E-state index is 13.0. The summed E-state index contributed by atoms with van der Waals surface area (Å²) in [5.41, 5.74) is 0. The molecule has 516 valence electrons. The summed E-state index contributed by atoms with van der Waals surface area (Å²) in [6, 6.07) is 0. The van der Waals surface area contributed by atoms with E-state index in [1.807, 2.05) is 0 Å². The van der Waals surface area contributed by atoms with E-state index in [0.717, 1.165) is 114 Å². The smallest absolute Gasteiger partial charge is 0.462 e. The molecule has 0 aromatic heterocycles. The zero-order valence-corrected chi connectivity index (χ0v) is 58.3. The molecule has 0 aromatic rings. The van der Waals surface area contributed by atoms with Crippen molar-refractivity contribution in [3.8, 4) is 0 Å². The van der Waals surface area contributed by atoms with Gasteiger partial charge in [-0.25, -0.2) is 9.13 Å². The van der Waals surface area contributed by atoms with E-state index in [0.29, 0.717) is 25.7 Å². The van der Waals surface area contributed by atoms with Gasteiger partial charge in [-0.05, 0) is 43.4 Å². The van der Waals surface area contributed by atoms with Crippen molar-refractivity contribution in [1.82, 2.24) is 0 Å².